The van der Waals surface area contributed by atoms with Gasteiger partial charge in [0.2, 0.25) is 5.88 Å². The summed E-state index contributed by atoms with van der Waals surface area (Å²) in [5, 5.41) is 10.6. The number of benzene rings is 2. The lowest BCUT2D eigenvalue weighted by Crippen LogP contribution is -2.31. The minimum Gasteiger partial charge on any atom is -0.493 e. The van der Waals surface area contributed by atoms with Crippen LogP contribution in [0.25, 0.3) is 16.7 Å². The van der Waals surface area contributed by atoms with Crippen LogP contribution in [0.2, 0.25) is 0 Å². The Hall–Kier alpha value is -3.66. The van der Waals surface area contributed by atoms with Gasteiger partial charge in [-0.1, -0.05) is 15.9 Å². The number of imidazole rings is 1. The molecule has 0 aliphatic carbocycles. The zero-order valence-corrected chi connectivity index (χ0v) is 16.6. The van der Waals surface area contributed by atoms with E-state index in [2.05, 4.69) is 35.9 Å². The molecule has 10 heteroatoms. The monoisotopic (exact) mass is 455 g/mol. The number of nitrogens with one attached hydrogen (secondary N) is 3. The Labute approximate surface area is 170 Å². The van der Waals surface area contributed by atoms with E-state index in [0.717, 1.165) is 14.6 Å². The highest BCUT2D eigenvalue weighted by Gasteiger charge is 2.15. The number of halogens is 1. The Kier molecular flexibility index (Phi) is 4.55. The minimum absolute atomic E-state index is 0.173. The Bertz CT molecular complexity index is 1460. The van der Waals surface area contributed by atoms with Crippen molar-refractivity contribution >= 4 is 38.9 Å². The summed E-state index contributed by atoms with van der Waals surface area (Å²) in [6.45, 7) is 1.84. The molecule has 0 saturated heterocycles. The molecule has 0 unspecified atom stereocenters. The second kappa shape index (κ2) is 7.06. The van der Waals surface area contributed by atoms with Crippen LogP contribution in [0.1, 0.15) is 11.1 Å². The standard InChI is InChI=1S/C19H14BrN5O4/c1-9-6-11(3-4-13(9)20)25-17(27)12(16(26)24-19(25)29)8-21-10-2-5-14-15(7-10)23-18(28)22-14/h2-8,27H,1H3,(H2,22,23,28)(H,24,26,29). The third-order valence-corrected chi connectivity index (χ3v) is 5.25. The third-order valence-electron chi connectivity index (χ3n) is 4.36. The van der Waals surface area contributed by atoms with Gasteiger partial charge in [-0.05, 0) is 48.9 Å². The lowest BCUT2D eigenvalue weighted by Gasteiger charge is -2.11. The van der Waals surface area contributed by atoms with Gasteiger partial charge < -0.3 is 15.1 Å². The molecule has 0 fully saturated rings. The molecule has 0 aliphatic rings. The molecule has 0 aliphatic heterocycles. The van der Waals surface area contributed by atoms with Gasteiger partial charge in [-0.3, -0.25) is 14.8 Å². The molecule has 0 radical (unpaired) electrons. The molecule has 0 atom stereocenters. The molecular weight excluding hydrogens is 442 g/mol. The molecule has 0 saturated carbocycles. The van der Waals surface area contributed by atoms with Crippen molar-refractivity contribution in [3.05, 3.63) is 83.3 Å². The fourth-order valence-electron chi connectivity index (χ4n) is 2.90. The number of aryl methyl sites for hydroxylation is 1. The number of aromatic amines is 3. The molecule has 2 aromatic heterocycles. The highest BCUT2D eigenvalue weighted by Crippen LogP contribution is 2.22. The molecule has 4 rings (SSSR count). The number of rotatable bonds is 3. The Morgan fingerprint density at radius 3 is 2.55 bits per heavy atom. The summed E-state index contributed by atoms with van der Waals surface area (Å²) in [5.74, 6) is -0.527. The van der Waals surface area contributed by atoms with E-state index in [-0.39, 0.29) is 11.3 Å². The molecule has 9 nitrogen and oxygen atoms in total. The largest absolute Gasteiger partial charge is 0.493 e. The first-order valence-electron chi connectivity index (χ1n) is 8.44. The smallest absolute Gasteiger partial charge is 0.335 e. The number of aromatic nitrogens is 4. The maximum Gasteiger partial charge on any atom is 0.335 e. The van der Waals surface area contributed by atoms with E-state index < -0.39 is 17.1 Å². The van der Waals surface area contributed by atoms with E-state index in [9.17, 15) is 19.5 Å². The zero-order valence-electron chi connectivity index (χ0n) is 15.0. The van der Waals surface area contributed by atoms with Gasteiger partial charge >= 0.3 is 11.4 Å². The first-order valence-corrected chi connectivity index (χ1v) is 9.24. The number of nitrogens with zero attached hydrogens (tertiary/aromatic N) is 2. The van der Waals surface area contributed by atoms with Gasteiger partial charge in [0.05, 0.1) is 22.4 Å². The summed E-state index contributed by atoms with van der Waals surface area (Å²) in [6, 6.07) is 9.98. The van der Waals surface area contributed by atoms with Crippen LogP contribution in [-0.2, 0) is 0 Å². The van der Waals surface area contributed by atoms with Crippen molar-refractivity contribution in [2.75, 3.05) is 0 Å². The number of hydrogen-bond donors (Lipinski definition) is 4. The quantitative estimate of drug-likeness (QED) is 0.352. The summed E-state index contributed by atoms with van der Waals surface area (Å²) in [7, 11) is 0. The minimum atomic E-state index is -0.766. The Morgan fingerprint density at radius 1 is 1.03 bits per heavy atom. The highest BCUT2D eigenvalue weighted by molar-refractivity contribution is 9.10. The Balaban J connectivity index is 1.81. The second-order valence-electron chi connectivity index (χ2n) is 6.33. The van der Waals surface area contributed by atoms with Crippen molar-refractivity contribution < 1.29 is 5.11 Å². The summed E-state index contributed by atoms with van der Waals surface area (Å²) in [4.78, 5) is 47.5. The van der Waals surface area contributed by atoms with Crippen molar-refractivity contribution in [1.29, 1.82) is 0 Å². The van der Waals surface area contributed by atoms with Crippen molar-refractivity contribution in [3.8, 4) is 11.6 Å². The zero-order chi connectivity index (χ0) is 20.7. The van der Waals surface area contributed by atoms with Gasteiger partial charge in [-0.15, -0.1) is 0 Å². The van der Waals surface area contributed by atoms with Crippen LogP contribution in [0, 0.1) is 6.92 Å². The third kappa shape index (κ3) is 3.45. The molecule has 146 valence electrons. The molecule has 2 heterocycles. The van der Waals surface area contributed by atoms with Gasteiger partial charge in [0.15, 0.2) is 0 Å². The van der Waals surface area contributed by atoms with Crippen LogP contribution in [0.5, 0.6) is 5.88 Å². The van der Waals surface area contributed by atoms with Gasteiger partial charge in [-0.25, -0.2) is 14.2 Å². The van der Waals surface area contributed by atoms with Gasteiger partial charge in [-0.2, -0.15) is 0 Å². The predicted molar refractivity (Wildman–Crippen MR) is 113 cm³/mol. The van der Waals surface area contributed by atoms with Gasteiger partial charge in [0.25, 0.3) is 5.56 Å². The van der Waals surface area contributed by atoms with Crippen LogP contribution in [0.15, 0.2) is 60.2 Å². The molecule has 0 spiro atoms. The lowest BCUT2D eigenvalue weighted by molar-refractivity contribution is 0.430. The molecule has 4 N–H and O–H groups in total. The fraction of sp³-hybridized carbons (Fsp3) is 0.0526. The average molecular weight is 456 g/mol. The first-order chi connectivity index (χ1) is 13.8. The molecule has 4 aromatic rings. The first kappa shape index (κ1) is 18.7. The van der Waals surface area contributed by atoms with Crippen molar-refractivity contribution in [1.82, 2.24) is 19.5 Å². The molecule has 0 amide bonds. The average Bonchev–Trinajstić information content (AvgIpc) is 3.03. The van der Waals surface area contributed by atoms with Crippen LogP contribution in [-0.4, -0.2) is 30.8 Å². The topological polar surface area (TPSA) is 136 Å². The number of aliphatic imine (C=N–C) groups is 1. The van der Waals surface area contributed by atoms with E-state index in [1.165, 1.54) is 6.21 Å². The highest BCUT2D eigenvalue weighted by atomic mass is 79.9. The van der Waals surface area contributed by atoms with Crippen LogP contribution in [0.4, 0.5) is 5.69 Å². The van der Waals surface area contributed by atoms with Gasteiger partial charge in [0, 0.05) is 10.7 Å². The Morgan fingerprint density at radius 2 is 1.79 bits per heavy atom. The van der Waals surface area contributed by atoms with Crippen LogP contribution in [0.3, 0.4) is 0 Å². The SMILES string of the molecule is Cc1cc(-n2c(O)c(C=Nc3ccc4[nH]c(=O)[nH]c4c3)c(=O)[nH]c2=O)ccc1Br. The summed E-state index contributed by atoms with van der Waals surface area (Å²) in [6.07, 6.45) is 1.17. The van der Waals surface area contributed by atoms with E-state index in [1.54, 1.807) is 36.4 Å². The summed E-state index contributed by atoms with van der Waals surface area (Å²) >= 11 is 3.38. The van der Waals surface area contributed by atoms with Crippen molar-refractivity contribution in [3.63, 3.8) is 0 Å². The van der Waals surface area contributed by atoms with Crippen LogP contribution < -0.4 is 16.9 Å². The normalized spacial score (nSPS) is 11.5. The van der Waals surface area contributed by atoms with E-state index in [0.29, 0.717) is 22.4 Å². The number of H-pyrrole nitrogens is 3. The predicted octanol–water partition coefficient (Wildman–Crippen LogP) is 2.22. The van der Waals surface area contributed by atoms with Gasteiger partial charge in [0.1, 0.15) is 5.56 Å². The molecular formula is C19H14BrN5O4. The van der Waals surface area contributed by atoms with E-state index in [1.807, 2.05) is 6.92 Å². The summed E-state index contributed by atoms with van der Waals surface area (Å²) < 4.78 is 1.84. The maximum absolute atomic E-state index is 12.3. The molecule has 2 aromatic carbocycles. The lowest BCUT2D eigenvalue weighted by atomic mass is 10.2. The number of aromatic hydroxyl groups is 1. The van der Waals surface area contributed by atoms with Crippen molar-refractivity contribution in [2.24, 2.45) is 4.99 Å². The fourth-order valence-corrected chi connectivity index (χ4v) is 3.15. The maximum atomic E-state index is 12.3. The van der Waals surface area contributed by atoms with E-state index >= 15 is 0 Å². The molecule has 0 bridgehead atoms. The number of fused-ring (bicyclic) bond motifs is 1. The van der Waals surface area contributed by atoms with Crippen molar-refractivity contribution in [2.45, 2.75) is 6.92 Å². The van der Waals surface area contributed by atoms with Crippen LogP contribution >= 0.6 is 15.9 Å². The molecule has 29 heavy (non-hydrogen) atoms. The summed E-state index contributed by atoms with van der Waals surface area (Å²) in [5.41, 5.74) is 0.820. The number of hydrogen-bond acceptors (Lipinski definition) is 5. The second-order valence-corrected chi connectivity index (χ2v) is 7.19. The van der Waals surface area contributed by atoms with E-state index in [4.69, 9.17) is 0 Å².